The lowest BCUT2D eigenvalue weighted by Gasteiger charge is -2.34. The number of carbonyl (C=O) groups is 2. The minimum Gasteiger partial charge on any atom is -0.347 e. The van der Waals surface area contributed by atoms with E-state index in [9.17, 15) is 9.59 Å². The molecule has 1 N–H and O–H groups in total. The second kappa shape index (κ2) is 7.92. The summed E-state index contributed by atoms with van der Waals surface area (Å²) in [4.78, 5) is 32.4. The van der Waals surface area contributed by atoms with Gasteiger partial charge in [0.15, 0.2) is 5.13 Å². The average molecular weight is 344 g/mol. The molecule has 2 aromatic rings. The highest BCUT2D eigenvalue weighted by molar-refractivity contribution is 7.13. The van der Waals surface area contributed by atoms with E-state index in [0.29, 0.717) is 19.5 Å². The lowest BCUT2D eigenvalue weighted by molar-refractivity contribution is -0.133. The van der Waals surface area contributed by atoms with Gasteiger partial charge in [-0.2, -0.15) is 0 Å². The molecule has 2 heterocycles. The maximum Gasteiger partial charge on any atom is 0.242 e. The van der Waals surface area contributed by atoms with Crippen molar-refractivity contribution in [2.24, 2.45) is 0 Å². The summed E-state index contributed by atoms with van der Waals surface area (Å²) in [5.74, 6) is -0.161. The first-order valence-corrected chi connectivity index (χ1v) is 8.83. The summed E-state index contributed by atoms with van der Waals surface area (Å²) in [6.07, 6.45) is 2.09. The first-order valence-electron chi connectivity index (χ1n) is 7.95. The summed E-state index contributed by atoms with van der Waals surface area (Å²) < 4.78 is 0. The van der Waals surface area contributed by atoms with Crippen molar-refractivity contribution in [3.8, 4) is 0 Å². The van der Waals surface area contributed by atoms with Crippen LogP contribution in [0.1, 0.15) is 5.56 Å². The van der Waals surface area contributed by atoms with Crippen LogP contribution in [0.3, 0.4) is 0 Å². The molecule has 1 aliphatic rings. The molecular weight excluding hydrogens is 324 g/mol. The SMILES string of the molecule is O=C(Cc1ccccc1)NCC(=O)N1CCN(c2nccs2)CC1. The summed E-state index contributed by atoms with van der Waals surface area (Å²) in [5.41, 5.74) is 0.944. The minimum absolute atomic E-state index is 0.0322. The average Bonchev–Trinajstić information content (AvgIpc) is 3.15. The Kier molecular flexibility index (Phi) is 5.43. The van der Waals surface area contributed by atoms with Crippen molar-refractivity contribution < 1.29 is 9.59 Å². The van der Waals surface area contributed by atoms with E-state index in [-0.39, 0.29) is 18.4 Å². The van der Waals surface area contributed by atoms with Gasteiger partial charge in [-0.15, -0.1) is 11.3 Å². The number of hydrogen-bond donors (Lipinski definition) is 1. The third-order valence-corrected chi connectivity index (χ3v) is 4.80. The fourth-order valence-corrected chi connectivity index (χ4v) is 3.35. The van der Waals surface area contributed by atoms with Crippen molar-refractivity contribution in [1.82, 2.24) is 15.2 Å². The summed E-state index contributed by atoms with van der Waals surface area (Å²) in [6.45, 7) is 2.93. The molecule has 1 aromatic heterocycles. The fraction of sp³-hybridized carbons (Fsp3) is 0.353. The van der Waals surface area contributed by atoms with Gasteiger partial charge in [0, 0.05) is 37.8 Å². The quantitative estimate of drug-likeness (QED) is 0.884. The van der Waals surface area contributed by atoms with Gasteiger partial charge in [-0.05, 0) is 5.56 Å². The number of anilines is 1. The van der Waals surface area contributed by atoms with E-state index in [4.69, 9.17) is 0 Å². The predicted molar refractivity (Wildman–Crippen MR) is 94.1 cm³/mol. The van der Waals surface area contributed by atoms with Gasteiger partial charge < -0.3 is 15.1 Å². The van der Waals surface area contributed by atoms with Crippen molar-refractivity contribution in [3.63, 3.8) is 0 Å². The number of rotatable bonds is 5. The summed E-state index contributed by atoms with van der Waals surface area (Å²) in [5, 5.41) is 5.66. The Balaban J connectivity index is 1.40. The van der Waals surface area contributed by atoms with Crippen LogP contribution in [-0.4, -0.2) is 54.4 Å². The van der Waals surface area contributed by atoms with Crippen LogP contribution >= 0.6 is 11.3 Å². The molecule has 6 nitrogen and oxygen atoms in total. The maximum atomic E-state index is 12.2. The molecule has 1 saturated heterocycles. The molecule has 1 aliphatic heterocycles. The standard InChI is InChI=1S/C17H20N4O2S/c22-15(12-14-4-2-1-3-5-14)19-13-16(23)20-7-9-21(10-8-20)17-18-6-11-24-17/h1-6,11H,7-10,12-13H2,(H,19,22). The van der Waals surface area contributed by atoms with Gasteiger partial charge in [-0.25, -0.2) is 4.98 Å². The van der Waals surface area contributed by atoms with Gasteiger partial charge in [0.1, 0.15) is 0 Å². The van der Waals surface area contributed by atoms with Crippen LogP contribution < -0.4 is 10.2 Å². The first kappa shape index (κ1) is 16.4. The molecule has 0 atom stereocenters. The van der Waals surface area contributed by atoms with Crippen LogP contribution in [-0.2, 0) is 16.0 Å². The minimum atomic E-state index is -0.129. The molecule has 0 aliphatic carbocycles. The van der Waals surface area contributed by atoms with E-state index in [1.54, 1.807) is 22.4 Å². The van der Waals surface area contributed by atoms with Crippen LogP contribution in [0.2, 0.25) is 0 Å². The largest absolute Gasteiger partial charge is 0.347 e. The van der Waals surface area contributed by atoms with E-state index < -0.39 is 0 Å². The van der Waals surface area contributed by atoms with Crippen molar-refractivity contribution in [2.45, 2.75) is 6.42 Å². The molecule has 0 saturated carbocycles. The number of aromatic nitrogens is 1. The van der Waals surface area contributed by atoms with Crippen molar-refractivity contribution in [3.05, 3.63) is 47.5 Å². The highest BCUT2D eigenvalue weighted by atomic mass is 32.1. The van der Waals surface area contributed by atoms with Crippen LogP contribution in [0.5, 0.6) is 0 Å². The third kappa shape index (κ3) is 4.32. The Bertz CT molecular complexity index is 667. The normalized spacial score (nSPS) is 14.5. The number of hydrogen-bond acceptors (Lipinski definition) is 5. The number of nitrogens with zero attached hydrogens (tertiary/aromatic N) is 3. The molecule has 1 aromatic carbocycles. The Labute approximate surface area is 145 Å². The Morgan fingerprint density at radius 3 is 2.54 bits per heavy atom. The highest BCUT2D eigenvalue weighted by Crippen LogP contribution is 2.18. The molecular formula is C17H20N4O2S. The molecule has 2 amide bonds. The number of thiazole rings is 1. The second-order valence-electron chi connectivity index (χ2n) is 5.62. The predicted octanol–water partition coefficient (Wildman–Crippen LogP) is 1.15. The lowest BCUT2D eigenvalue weighted by atomic mass is 10.1. The van der Waals surface area contributed by atoms with Gasteiger partial charge in [-0.1, -0.05) is 30.3 Å². The summed E-state index contributed by atoms with van der Waals surface area (Å²) >= 11 is 1.61. The zero-order valence-electron chi connectivity index (χ0n) is 13.4. The molecule has 24 heavy (non-hydrogen) atoms. The Morgan fingerprint density at radius 1 is 1.12 bits per heavy atom. The van der Waals surface area contributed by atoms with E-state index in [0.717, 1.165) is 23.8 Å². The third-order valence-electron chi connectivity index (χ3n) is 3.97. The highest BCUT2D eigenvalue weighted by Gasteiger charge is 2.22. The van der Waals surface area contributed by atoms with E-state index in [1.165, 1.54) is 0 Å². The summed E-state index contributed by atoms with van der Waals surface area (Å²) in [7, 11) is 0. The number of amides is 2. The van der Waals surface area contributed by atoms with Crippen LogP contribution in [0.25, 0.3) is 0 Å². The molecule has 0 spiro atoms. The van der Waals surface area contributed by atoms with Gasteiger partial charge >= 0.3 is 0 Å². The summed E-state index contributed by atoms with van der Waals surface area (Å²) in [6, 6.07) is 9.51. The molecule has 3 rings (SSSR count). The molecule has 0 radical (unpaired) electrons. The van der Waals surface area contributed by atoms with Crippen LogP contribution in [0.15, 0.2) is 41.9 Å². The molecule has 7 heteroatoms. The smallest absolute Gasteiger partial charge is 0.242 e. The van der Waals surface area contributed by atoms with Gasteiger partial charge in [0.25, 0.3) is 0 Å². The van der Waals surface area contributed by atoms with Gasteiger partial charge in [0.2, 0.25) is 11.8 Å². The fourth-order valence-electron chi connectivity index (χ4n) is 2.65. The monoisotopic (exact) mass is 344 g/mol. The number of nitrogens with one attached hydrogen (secondary N) is 1. The van der Waals surface area contributed by atoms with Crippen molar-refractivity contribution in [1.29, 1.82) is 0 Å². The Hall–Kier alpha value is -2.41. The van der Waals surface area contributed by atoms with Crippen molar-refractivity contribution in [2.75, 3.05) is 37.6 Å². The van der Waals surface area contributed by atoms with E-state index in [1.807, 2.05) is 35.7 Å². The number of piperazine rings is 1. The zero-order chi connectivity index (χ0) is 16.8. The zero-order valence-corrected chi connectivity index (χ0v) is 14.2. The molecule has 0 bridgehead atoms. The van der Waals surface area contributed by atoms with E-state index in [2.05, 4.69) is 15.2 Å². The second-order valence-corrected chi connectivity index (χ2v) is 6.49. The Morgan fingerprint density at radius 2 is 1.88 bits per heavy atom. The number of carbonyl (C=O) groups excluding carboxylic acids is 2. The van der Waals surface area contributed by atoms with Gasteiger partial charge in [-0.3, -0.25) is 9.59 Å². The number of benzene rings is 1. The topological polar surface area (TPSA) is 65.5 Å². The molecule has 126 valence electrons. The molecule has 1 fully saturated rings. The lowest BCUT2D eigenvalue weighted by Crippen LogP contribution is -2.51. The molecule has 0 unspecified atom stereocenters. The van der Waals surface area contributed by atoms with Gasteiger partial charge in [0.05, 0.1) is 13.0 Å². The van der Waals surface area contributed by atoms with Crippen LogP contribution in [0, 0.1) is 0 Å². The van der Waals surface area contributed by atoms with Crippen LogP contribution in [0.4, 0.5) is 5.13 Å². The van der Waals surface area contributed by atoms with Crippen molar-refractivity contribution >= 4 is 28.3 Å². The maximum absolute atomic E-state index is 12.2. The van der Waals surface area contributed by atoms with E-state index >= 15 is 0 Å². The first-order chi connectivity index (χ1) is 11.7.